The van der Waals surface area contributed by atoms with Gasteiger partial charge in [-0.05, 0) is 18.9 Å². The van der Waals surface area contributed by atoms with Gasteiger partial charge in [-0.3, -0.25) is 0 Å². The minimum absolute atomic E-state index is 0.142. The van der Waals surface area contributed by atoms with Crippen molar-refractivity contribution in [3.8, 4) is 0 Å². The van der Waals surface area contributed by atoms with E-state index in [1.54, 1.807) is 0 Å². The van der Waals surface area contributed by atoms with Crippen molar-refractivity contribution < 1.29 is 0 Å². The van der Waals surface area contributed by atoms with Crippen LogP contribution in [0.1, 0.15) is 12.8 Å². The molecule has 0 saturated carbocycles. The van der Waals surface area contributed by atoms with E-state index < -0.39 is 5.54 Å². The number of rotatable bonds is 4. The first kappa shape index (κ1) is 10.8. The molecule has 0 heterocycles. The van der Waals surface area contributed by atoms with Crippen LogP contribution >= 0.6 is 0 Å². The summed E-state index contributed by atoms with van der Waals surface area (Å²) in [6, 6.07) is 0. The Kier molecular flexibility index (Phi) is 3.31. The van der Waals surface area contributed by atoms with Crippen LogP contribution in [-0.4, -0.2) is 5.54 Å². The first-order valence-corrected chi connectivity index (χ1v) is 4.79. The Morgan fingerprint density at radius 2 is 2.14 bits per heavy atom. The molecule has 0 saturated heterocycles. The second kappa shape index (κ2) is 4.29. The summed E-state index contributed by atoms with van der Waals surface area (Å²) in [6.07, 6.45) is 11.0. The molecule has 76 valence electrons. The second-order valence-electron chi connectivity index (χ2n) is 3.71. The van der Waals surface area contributed by atoms with Gasteiger partial charge in [0.25, 0.3) is 0 Å². The normalized spacial score (nSPS) is 30.9. The van der Waals surface area contributed by atoms with Crippen LogP contribution in [0.15, 0.2) is 49.2 Å². The van der Waals surface area contributed by atoms with Crippen molar-refractivity contribution in [2.45, 2.75) is 18.4 Å². The Hall–Kier alpha value is -1.28. The SMILES string of the molecule is C=CCC1C(N)=CC=CC1(N)CC=C. The van der Waals surface area contributed by atoms with Crippen LogP contribution in [0.4, 0.5) is 0 Å². The van der Waals surface area contributed by atoms with Crippen molar-refractivity contribution in [2.24, 2.45) is 17.4 Å². The highest BCUT2D eigenvalue weighted by Gasteiger charge is 2.33. The molecule has 14 heavy (non-hydrogen) atoms. The molecule has 0 bridgehead atoms. The van der Waals surface area contributed by atoms with Gasteiger partial charge >= 0.3 is 0 Å². The Morgan fingerprint density at radius 3 is 2.71 bits per heavy atom. The zero-order chi connectivity index (χ0) is 10.6. The Balaban J connectivity index is 2.93. The molecule has 4 N–H and O–H groups in total. The Bertz CT molecular complexity index is 289. The van der Waals surface area contributed by atoms with Gasteiger partial charge in [0.15, 0.2) is 0 Å². The molecule has 1 rings (SSSR count). The highest BCUT2D eigenvalue weighted by molar-refractivity contribution is 5.30. The summed E-state index contributed by atoms with van der Waals surface area (Å²) < 4.78 is 0. The maximum absolute atomic E-state index is 6.26. The molecule has 0 amide bonds. The zero-order valence-electron chi connectivity index (χ0n) is 8.45. The highest BCUT2D eigenvalue weighted by atomic mass is 14.8. The number of nitrogens with two attached hydrogens (primary N) is 2. The fraction of sp³-hybridized carbons (Fsp3) is 0.333. The summed E-state index contributed by atoms with van der Waals surface area (Å²) in [7, 11) is 0. The van der Waals surface area contributed by atoms with Crippen LogP contribution < -0.4 is 11.5 Å². The second-order valence-corrected chi connectivity index (χ2v) is 3.71. The third-order valence-electron chi connectivity index (χ3n) is 2.65. The predicted octanol–water partition coefficient (Wildman–Crippen LogP) is 1.86. The molecule has 2 nitrogen and oxygen atoms in total. The van der Waals surface area contributed by atoms with Crippen molar-refractivity contribution in [3.05, 3.63) is 49.2 Å². The maximum Gasteiger partial charge on any atom is 0.0463 e. The van der Waals surface area contributed by atoms with Gasteiger partial charge in [0.2, 0.25) is 0 Å². The predicted molar refractivity (Wildman–Crippen MR) is 61.4 cm³/mol. The molecule has 2 atom stereocenters. The van der Waals surface area contributed by atoms with Crippen LogP contribution in [0.25, 0.3) is 0 Å². The minimum Gasteiger partial charge on any atom is -0.402 e. The molecule has 0 aliphatic heterocycles. The number of allylic oxidation sites excluding steroid dienone is 3. The lowest BCUT2D eigenvalue weighted by Gasteiger charge is -2.36. The van der Waals surface area contributed by atoms with Crippen molar-refractivity contribution in [1.29, 1.82) is 0 Å². The molecular weight excluding hydrogens is 172 g/mol. The van der Waals surface area contributed by atoms with Crippen LogP contribution in [0, 0.1) is 5.92 Å². The van der Waals surface area contributed by atoms with Crippen LogP contribution in [0.5, 0.6) is 0 Å². The third kappa shape index (κ3) is 1.96. The largest absolute Gasteiger partial charge is 0.402 e. The maximum atomic E-state index is 6.26. The summed E-state index contributed by atoms with van der Waals surface area (Å²) in [6.45, 7) is 7.45. The van der Waals surface area contributed by atoms with E-state index in [-0.39, 0.29) is 5.92 Å². The average Bonchev–Trinajstić information content (AvgIpc) is 2.12. The lowest BCUT2D eigenvalue weighted by atomic mass is 9.75. The number of hydrogen-bond acceptors (Lipinski definition) is 2. The van der Waals surface area contributed by atoms with Gasteiger partial charge in [0.1, 0.15) is 0 Å². The Labute approximate surface area is 85.7 Å². The van der Waals surface area contributed by atoms with Gasteiger partial charge in [-0.1, -0.05) is 24.3 Å². The first-order chi connectivity index (χ1) is 6.64. The van der Waals surface area contributed by atoms with E-state index in [9.17, 15) is 0 Å². The standard InChI is InChI=1S/C12H18N2/c1-3-6-10-11(13)7-5-9-12(10,14)8-4-2/h3-5,7,9-10H,1-2,6,8,13-14H2. The minimum atomic E-state index is -0.394. The van der Waals surface area contributed by atoms with Gasteiger partial charge in [0, 0.05) is 17.2 Å². The lowest BCUT2D eigenvalue weighted by molar-refractivity contribution is 0.375. The first-order valence-electron chi connectivity index (χ1n) is 4.79. The highest BCUT2D eigenvalue weighted by Crippen LogP contribution is 2.31. The fourth-order valence-electron chi connectivity index (χ4n) is 1.86. The summed E-state index contributed by atoms with van der Waals surface area (Å²) in [4.78, 5) is 0. The summed E-state index contributed by atoms with van der Waals surface area (Å²) in [5.41, 5.74) is 12.6. The topological polar surface area (TPSA) is 52.0 Å². The monoisotopic (exact) mass is 190 g/mol. The van der Waals surface area contributed by atoms with Crippen molar-refractivity contribution in [1.82, 2.24) is 0 Å². The fourth-order valence-corrected chi connectivity index (χ4v) is 1.86. The molecule has 0 spiro atoms. The molecule has 0 aromatic carbocycles. The molecule has 0 fully saturated rings. The Morgan fingerprint density at radius 1 is 1.43 bits per heavy atom. The van der Waals surface area contributed by atoms with Gasteiger partial charge in [-0.15, -0.1) is 13.2 Å². The summed E-state index contributed by atoms with van der Waals surface area (Å²) in [5, 5.41) is 0. The van der Waals surface area contributed by atoms with E-state index in [0.29, 0.717) is 0 Å². The van der Waals surface area contributed by atoms with Crippen LogP contribution in [-0.2, 0) is 0 Å². The molecule has 2 heteroatoms. The van der Waals surface area contributed by atoms with E-state index in [4.69, 9.17) is 11.5 Å². The summed E-state index contributed by atoms with van der Waals surface area (Å²) >= 11 is 0. The van der Waals surface area contributed by atoms with Crippen molar-refractivity contribution in [3.63, 3.8) is 0 Å². The van der Waals surface area contributed by atoms with Gasteiger partial charge in [0.05, 0.1) is 0 Å². The van der Waals surface area contributed by atoms with Crippen molar-refractivity contribution in [2.75, 3.05) is 0 Å². The zero-order valence-corrected chi connectivity index (χ0v) is 8.45. The van der Waals surface area contributed by atoms with Gasteiger partial charge in [-0.2, -0.15) is 0 Å². The van der Waals surface area contributed by atoms with Gasteiger partial charge in [-0.25, -0.2) is 0 Å². The molecule has 0 aromatic rings. The molecule has 1 aliphatic rings. The average molecular weight is 190 g/mol. The number of hydrogen-bond donors (Lipinski definition) is 2. The quantitative estimate of drug-likeness (QED) is 0.665. The molecule has 0 aromatic heterocycles. The van der Waals surface area contributed by atoms with E-state index in [0.717, 1.165) is 18.5 Å². The molecule has 1 aliphatic carbocycles. The van der Waals surface area contributed by atoms with E-state index in [1.165, 1.54) is 0 Å². The molecule has 2 unspecified atom stereocenters. The van der Waals surface area contributed by atoms with Crippen LogP contribution in [0.3, 0.4) is 0 Å². The van der Waals surface area contributed by atoms with Crippen molar-refractivity contribution >= 4 is 0 Å². The third-order valence-corrected chi connectivity index (χ3v) is 2.65. The summed E-state index contributed by atoms with van der Waals surface area (Å²) in [5.74, 6) is 0.142. The van der Waals surface area contributed by atoms with Crippen LogP contribution in [0.2, 0.25) is 0 Å². The molecular formula is C12H18N2. The van der Waals surface area contributed by atoms with E-state index in [1.807, 2.05) is 30.4 Å². The molecule has 0 radical (unpaired) electrons. The van der Waals surface area contributed by atoms with E-state index >= 15 is 0 Å². The van der Waals surface area contributed by atoms with Gasteiger partial charge < -0.3 is 11.5 Å². The smallest absolute Gasteiger partial charge is 0.0463 e. The lowest BCUT2D eigenvalue weighted by Crippen LogP contribution is -2.48. The van der Waals surface area contributed by atoms with E-state index in [2.05, 4.69) is 13.2 Å².